The highest BCUT2D eigenvalue weighted by molar-refractivity contribution is 5.81. The highest BCUT2D eigenvalue weighted by Gasteiger charge is 2.13. The van der Waals surface area contributed by atoms with Crippen molar-refractivity contribution in [3.63, 3.8) is 0 Å². The first-order chi connectivity index (χ1) is 13.0. The van der Waals surface area contributed by atoms with Crippen LogP contribution in [0.4, 0.5) is 4.39 Å². The Morgan fingerprint density at radius 2 is 1.89 bits per heavy atom. The molecule has 146 valence electrons. The molecule has 0 unspecified atom stereocenters. The maximum Gasteiger partial charge on any atom is 0.331 e. The third-order valence-electron chi connectivity index (χ3n) is 4.34. The average molecular weight is 376 g/mol. The van der Waals surface area contributed by atoms with E-state index in [1.807, 2.05) is 0 Å². The Kier molecular flexibility index (Phi) is 7.48. The van der Waals surface area contributed by atoms with Crippen molar-refractivity contribution in [2.24, 2.45) is 4.99 Å². The number of nitrogens with zero attached hydrogens (tertiary/aromatic N) is 3. The normalized spacial score (nSPS) is 11.6. The van der Waals surface area contributed by atoms with E-state index >= 15 is 0 Å². The van der Waals surface area contributed by atoms with E-state index in [0.717, 1.165) is 30.6 Å². The van der Waals surface area contributed by atoms with Crippen molar-refractivity contribution in [3.05, 3.63) is 62.0 Å². The van der Waals surface area contributed by atoms with Crippen molar-refractivity contribution in [3.8, 4) is 5.88 Å². The van der Waals surface area contributed by atoms with Gasteiger partial charge in [0.15, 0.2) is 0 Å². The quantitative estimate of drug-likeness (QED) is 0.514. The number of hydrogen-bond donors (Lipinski definition) is 2. The molecule has 0 amide bonds. The molecule has 0 saturated carbocycles. The minimum absolute atomic E-state index is 0.00449. The van der Waals surface area contributed by atoms with E-state index in [-0.39, 0.29) is 12.1 Å². The molecule has 0 fully saturated rings. The Hall–Kier alpha value is -2.74. The smallest absolute Gasteiger partial charge is 0.331 e. The van der Waals surface area contributed by atoms with E-state index in [1.54, 1.807) is 0 Å². The van der Waals surface area contributed by atoms with Crippen LogP contribution in [-0.2, 0) is 6.54 Å². The number of H-pyrrole nitrogens is 1. The molecule has 0 aliphatic heterocycles. The molecule has 0 atom stereocenters. The summed E-state index contributed by atoms with van der Waals surface area (Å²) >= 11 is 0. The number of benzene rings is 1. The molecule has 1 aromatic carbocycles. The van der Waals surface area contributed by atoms with Gasteiger partial charge >= 0.3 is 5.69 Å². The fourth-order valence-corrected chi connectivity index (χ4v) is 2.69. The van der Waals surface area contributed by atoms with Crippen LogP contribution in [0.2, 0.25) is 0 Å². The zero-order valence-electron chi connectivity index (χ0n) is 15.6. The maximum atomic E-state index is 13.0. The molecule has 1 heterocycles. The number of hydrogen-bond acceptors (Lipinski definition) is 5. The van der Waals surface area contributed by atoms with Crippen LogP contribution in [0.3, 0.4) is 0 Å². The van der Waals surface area contributed by atoms with Crippen LogP contribution in [-0.4, -0.2) is 52.0 Å². The molecular weight excluding hydrogens is 351 g/mol. The van der Waals surface area contributed by atoms with Crippen LogP contribution in [0.15, 0.2) is 38.8 Å². The molecular formula is C19H25FN4O3. The average Bonchev–Trinajstić information content (AvgIpc) is 2.65. The maximum absolute atomic E-state index is 13.0. The van der Waals surface area contributed by atoms with Gasteiger partial charge in [0.1, 0.15) is 11.4 Å². The molecule has 0 saturated heterocycles. The van der Waals surface area contributed by atoms with Gasteiger partial charge in [-0.25, -0.2) is 9.18 Å². The first-order valence-corrected chi connectivity index (χ1v) is 8.99. The van der Waals surface area contributed by atoms with Gasteiger partial charge in [0.2, 0.25) is 5.88 Å². The largest absolute Gasteiger partial charge is 0.494 e. The summed E-state index contributed by atoms with van der Waals surface area (Å²) in [7, 11) is 0. The topological polar surface area (TPSA) is 90.7 Å². The predicted molar refractivity (Wildman–Crippen MR) is 103 cm³/mol. The predicted octanol–water partition coefficient (Wildman–Crippen LogP) is 1.58. The number of aromatic nitrogens is 2. The van der Waals surface area contributed by atoms with Gasteiger partial charge in [0.05, 0.1) is 6.54 Å². The zero-order chi connectivity index (χ0) is 19.8. The number of aliphatic imine (C=N–C) groups is 1. The molecule has 0 radical (unpaired) electrons. The van der Waals surface area contributed by atoms with Crippen LogP contribution in [0.25, 0.3) is 0 Å². The van der Waals surface area contributed by atoms with Gasteiger partial charge in [-0.1, -0.05) is 26.0 Å². The Morgan fingerprint density at radius 1 is 1.22 bits per heavy atom. The summed E-state index contributed by atoms with van der Waals surface area (Å²) in [5, 5.41) is 10.4. The van der Waals surface area contributed by atoms with E-state index in [4.69, 9.17) is 0 Å². The lowest BCUT2D eigenvalue weighted by Gasteiger charge is -2.16. The number of halogens is 1. The van der Waals surface area contributed by atoms with Crippen molar-refractivity contribution >= 4 is 6.21 Å². The van der Waals surface area contributed by atoms with Gasteiger partial charge in [-0.2, -0.15) is 0 Å². The Bertz CT molecular complexity index is 883. The molecule has 1 aromatic heterocycles. The van der Waals surface area contributed by atoms with E-state index in [1.165, 1.54) is 30.5 Å². The molecule has 2 aromatic rings. The number of rotatable bonds is 9. The van der Waals surface area contributed by atoms with E-state index in [2.05, 4.69) is 28.7 Å². The SMILES string of the molecule is CCN(CC)CCCN=Cc1c(O)n(Cc2ccc(F)cc2)c(=O)[nH]c1=O. The lowest BCUT2D eigenvalue weighted by Crippen LogP contribution is -2.32. The highest BCUT2D eigenvalue weighted by Crippen LogP contribution is 2.11. The molecule has 27 heavy (non-hydrogen) atoms. The third kappa shape index (κ3) is 5.62. The molecule has 2 rings (SSSR count). The fourth-order valence-electron chi connectivity index (χ4n) is 2.69. The standard InChI is InChI=1S/C19H25FN4O3/c1-3-23(4-2)11-5-10-21-12-16-17(25)22-19(27)24(18(16)26)13-14-6-8-15(20)9-7-14/h6-9,12,26H,3-5,10-11,13H2,1-2H3,(H,22,25,27). The van der Waals surface area contributed by atoms with Crippen LogP contribution < -0.4 is 11.2 Å². The minimum Gasteiger partial charge on any atom is -0.494 e. The summed E-state index contributed by atoms with van der Waals surface area (Å²) in [6.07, 6.45) is 2.11. The molecule has 7 nitrogen and oxygen atoms in total. The highest BCUT2D eigenvalue weighted by atomic mass is 19.1. The van der Waals surface area contributed by atoms with Gasteiger partial charge in [0, 0.05) is 12.8 Å². The lowest BCUT2D eigenvalue weighted by atomic mass is 10.2. The summed E-state index contributed by atoms with van der Waals surface area (Å²) in [6, 6.07) is 5.54. The second kappa shape index (κ2) is 9.82. The van der Waals surface area contributed by atoms with E-state index < -0.39 is 22.9 Å². The summed E-state index contributed by atoms with van der Waals surface area (Å²) in [6.45, 7) is 7.53. The van der Waals surface area contributed by atoms with E-state index in [9.17, 15) is 19.1 Å². The van der Waals surface area contributed by atoms with Gasteiger partial charge in [-0.05, 0) is 43.8 Å². The molecule has 2 N–H and O–H groups in total. The monoisotopic (exact) mass is 376 g/mol. The van der Waals surface area contributed by atoms with Crippen molar-refractivity contribution < 1.29 is 9.50 Å². The Balaban J connectivity index is 2.15. The first kappa shape index (κ1) is 20.6. The summed E-state index contributed by atoms with van der Waals surface area (Å²) in [5.41, 5.74) is -0.886. The summed E-state index contributed by atoms with van der Waals surface area (Å²) < 4.78 is 14.0. The molecule has 0 aliphatic rings. The van der Waals surface area contributed by atoms with Gasteiger partial charge < -0.3 is 10.0 Å². The van der Waals surface area contributed by atoms with Crippen LogP contribution >= 0.6 is 0 Å². The first-order valence-electron chi connectivity index (χ1n) is 8.99. The second-order valence-electron chi connectivity index (χ2n) is 6.12. The van der Waals surface area contributed by atoms with E-state index in [0.29, 0.717) is 12.1 Å². The van der Waals surface area contributed by atoms with Crippen molar-refractivity contribution in [2.45, 2.75) is 26.8 Å². The van der Waals surface area contributed by atoms with Gasteiger partial charge in [-0.3, -0.25) is 19.3 Å². The molecule has 0 bridgehead atoms. The summed E-state index contributed by atoms with van der Waals surface area (Å²) in [4.78, 5) is 32.7. The van der Waals surface area contributed by atoms with Crippen molar-refractivity contribution in [1.29, 1.82) is 0 Å². The zero-order valence-corrected chi connectivity index (χ0v) is 15.6. The second-order valence-corrected chi connectivity index (χ2v) is 6.12. The third-order valence-corrected chi connectivity index (χ3v) is 4.34. The minimum atomic E-state index is -0.736. The molecule has 0 spiro atoms. The van der Waals surface area contributed by atoms with Gasteiger partial charge in [-0.15, -0.1) is 0 Å². The van der Waals surface area contributed by atoms with Crippen LogP contribution in [0, 0.1) is 5.82 Å². The lowest BCUT2D eigenvalue weighted by molar-refractivity contribution is 0.302. The molecule has 0 aliphatic carbocycles. The number of aromatic amines is 1. The van der Waals surface area contributed by atoms with Crippen LogP contribution in [0.5, 0.6) is 5.88 Å². The summed E-state index contributed by atoms with van der Waals surface area (Å²) in [5.74, 6) is -0.852. The molecule has 8 heteroatoms. The van der Waals surface area contributed by atoms with Crippen LogP contribution in [0.1, 0.15) is 31.4 Å². The Labute approximate surface area is 156 Å². The Morgan fingerprint density at radius 3 is 2.52 bits per heavy atom. The number of nitrogens with one attached hydrogen (secondary N) is 1. The van der Waals surface area contributed by atoms with Gasteiger partial charge in [0.25, 0.3) is 5.56 Å². The fraction of sp³-hybridized carbons (Fsp3) is 0.421. The number of aromatic hydroxyl groups is 1. The van der Waals surface area contributed by atoms with Crippen molar-refractivity contribution in [1.82, 2.24) is 14.5 Å². The van der Waals surface area contributed by atoms with Crippen molar-refractivity contribution in [2.75, 3.05) is 26.2 Å².